The van der Waals surface area contributed by atoms with E-state index in [0.717, 1.165) is 12.2 Å². The van der Waals surface area contributed by atoms with Crippen molar-refractivity contribution in [2.75, 3.05) is 12.9 Å². The Labute approximate surface area is 113 Å². The topological polar surface area (TPSA) is 55.9 Å². The van der Waals surface area contributed by atoms with Crippen molar-refractivity contribution in [2.45, 2.75) is 57.7 Å². The van der Waals surface area contributed by atoms with Gasteiger partial charge in [0, 0.05) is 5.75 Å². The zero-order valence-corrected chi connectivity index (χ0v) is 12.0. The van der Waals surface area contributed by atoms with Crippen LogP contribution in [0.3, 0.4) is 0 Å². The summed E-state index contributed by atoms with van der Waals surface area (Å²) in [6.07, 6.45) is 6.08. The summed E-state index contributed by atoms with van der Waals surface area (Å²) in [5.41, 5.74) is 0. The van der Waals surface area contributed by atoms with Crippen molar-refractivity contribution in [1.29, 1.82) is 0 Å². The van der Waals surface area contributed by atoms with Gasteiger partial charge in [0.25, 0.3) is 0 Å². The molecule has 1 aliphatic heterocycles. The largest absolute Gasteiger partial charge is 0.467 e. The molecule has 104 valence electrons. The smallest absolute Gasteiger partial charge is 0.338 e. The lowest BCUT2D eigenvalue weighted by Gasteiger charge is -1.99. The first-order valence-electron chi connectivity index (χ1n) is 6.60. The lowest BCUT2D eigenvalue weighted by Crippen LogP contribution is -2.15. The van der Waals surface area contributed by atoms with Crippen LogP contribution in [0, 0.1) is 0 Å². The van der Waals surface area contributed by atoms with Crippen LogP contribution < -0.4 is 0 Å². The highest BCUT2D eigenvalue weighted by atomic mass is 32.2. The Morgan fingerprint density at radius 2 is 1.78 bits per heavy atom. The lowest BCUT2D eigenvalue weighted by molar-refractivity contribution is -0.142. The van der Waals surface area contributed by atoms with E-state index in [1.165, 1.54) is 51.0 Å². The molecule has 4 nitrogen and oxygen atoms in total. The number of carbonyl (C=O) groups excluding carboxylic acids is 2. The van der Waals surface area contributed by atoms with E-state index in [4.69, 9.17) is 4.74 Å². The van der Waals surface area contributed by atoms with Crippen molar-refractivity contribution >= 4 is 22.8 Å². The number of esters is 1. The fourth-order valence-corrected chi connectivity index (χ4v) is 2.62. The minimum absolute atomic E-state index is 0.0426. The van der Waals surface area contributed by atoms with E-state index in [1.54, 1.807) is 0 Å². The average molecular weight is 274 g/mol. The molecule has 0 aromatic carbocycles. The Morgan fingerprint density at radius 3 is 2.44 bits per heavy atom. The summed E-state index contributed by atoms with van der Waals surface area (Å²) in [5.74, 6) is 0.368. The van der Waals surface area contributed by atoms with Crippen LogP contribution in [0.5, 0.6) is 0 Å². The predicted molar refractivity (Wildman–Crippen MR) is 71.5 cm³/mol. The summed E-state index contributed by atoms with van der Waals surface area (Å²) in [5, 5.41) is -0.0426. The van der Waals surface area contributed by atoms with Crippen LogP contribution >= 0.6 is 11.8 Å². The zero-order chi connectivity index (χ0) is 13.4. The van der Waals surface area contributed by atoms with Crippen LogP contribution in [-0.4, -0.2) is 36.2 Å². The van der Waals surface area contributed by atoms with Crippen LogP contribution in [0.2, 0.25) is 0 Å². The minimum atomic E-state index is -0.653. The van der Waals surface area contributed by atoms with Gasteiger partial charge in [-0.2, -0.15) is 0 Å². The second kappa shape index (κ2) is 8.53. The van der Waals surface area contributed by atoms with Gasteiger partial charge >= 0.3 is 5.97 Å². The zero-order valence-electron chi connectivity index (χ0n) is 11.1. The van der Waals surface area contributed by atoms with Crippen molar-refractivity contribution < 1.29 is 19.1 Å². The number of methoxy groups -OCH3 is 1. The van der Waals surface area contributed by atoms with E-state index in [9.17, 15) is 9.59 Å². The summed E-state index contributed by atoms with van der Waals surface area (Å²) in [6, 6.07) is 0. The summed E-state index contributed by atoms with van der Waals surface area (Å²) >= 11 is 1.27. The number of thioether (sulfide) groups is 1. The Kier molecular flexibility index (Phi) is 7.35. The molecular formula is C13H22O4S. The van der Waals surface area contributed by atoms with Crippen LogP contribution in [0.15, 0.2) is 0 Å². The summed E-state index contributed by atoms with van der Waals surface area (Å²) < 4.78 is 9.51. The molecule has 2 atom stereocenters. The van der Waals surface area contributed by atoms with Gasteiger partial charge < -0.3 is 9.47 Å². The third-order valence-electron chi connectivity index (χ3n) is 2.90. The van der Waals surface area contributed by atoms with Crippen LogP contribution in [0.1, 0.15) is 45.4 Å². The Hall–Kier alpha value is -0.550. The number of carbonyl (C=O) groups is 2. The normalized spacial score (nSPS) is 21.7. The monoisotopic (exact) mass is 274 g/mol. The molecule has 1 saturated heterocycles. The van der Waals surface area contributed by atoms with E-state index in [-0.39, 0.29) is 5.12 Å². The number of epoxide rings is 1. The second-order valence-electron chi connectivity index (χ2n) is 4.44. The van der Waals surface area contributed by atoms with Gasteiger partial charge in [0.15, 0.2) is 12.2 Å². The number of hydrogen-bond acceptors (Lipinski definition) is 5. The Morgan fingerprint density at radius 1 is 1.11 bits per heavy atom. The first kappa shape index (κ1) is 15.5. The average Bonchev–Trinajstić information content (AvgIpc) is 3.17. The molecule has 0 aromatic heterocycles. The Bertz CT molecular complexity index is 280. The molecule has 18 heavy (non-hydrogen) atoms. The molecule has 2 unspecified atom stereocenters. The lowest BCUT2D eigenvalue weighted by atomic mass is 10.1. The highest BCUT2D eigenvalue weighted by Gasteiger charge is 2.51. The van der Waals surface area contributed by atoms with Gasteiger partial charge in [-0.05, 0) is 6.42 Å². The molecule has 0 aliphatic carbocycles. The second-order valence-corrected chi connectivity index (χ2v) is 5.54. The minimum Gasteiger partial charge on any atom is -0.467 e. The molecule has 0 saturated carbocycles. The number of hydrogen-bond donors (Lipinski definition) is 0. The van der Waals surface area contributed by atoms with E-state index >= 15 is 0 Å². The van der Waals surface area contributed by atoms with Crippen molar-refractivity contribution in [2.24, 2.45) is 0 Å². The molecule has 1 fully saturated rings. The van der Waals surface area contributed by atoms with E-state index < -0.39 is 18.2 Å². The van der Waals surface area contributed by atoms with Crippen molar-refractivity contribution in [3.8, 4) is 0 Å². The summed E-state index contributed by atoms with van der Waals surface area (Å²) in [7, 11) is 1.30. The summed E-state index contributed by atoms with van der Waals surface area (Å²) in [4.78, 5) is 22.7. The fraction of sp³-hybridized carbons (Fsp3) is 0.846. The third kappa shape index (κ3) is 5.40. The number of rotatable bonds is 9. The first-order valence-corrected chi connectivity index (χ1v) is 7.59. The molecule has 1 rings (SSSR count). The molecule has 1 heterocycles. The van der Waals surface area contributed by atoms with Crippen LogP contribution in [0.25, 0.3) is 0 Å². The van der Waals surface area contributed by atoms with Gasteiger partial charge in [0.2, 0.25) is 5.12 Å². The Balaban J connectivity index is 1.97. The molecule has 1 aliphatic rings. The van der Waals surface area contributed by atoms with Gasteiger partial charge in [-0.15, -0.1) is 0 Å². The maximum atomic E-state index is 11.6. The first-order chi connectivity index (χ1) is 8.70. The molecule has 0 radical (unpaired) electrons. The van der Waals surface area contributed by atoms with Gasteiger partial charge in [-0.1, -0.05) is 50.8 Å². The maximum absolute atomic E-state index is 11.6. The molecule has 0 bridgehead atoms. The predicted octanol–water partition coefficient (Wildman–Crippen LogP) is 2.55. The van der Waals surface area contributed by atoms with Gasteiger partial charge in [-0.3, -0.25) is 4.79 Å². The molecule has 0 amide bonds. The van der Waals surface area contributed by atoms with Crippen molar-refractivity contribution in [1.82, 2.24) is 0 Å². The van der Waals surface area contributed by atoms with Gasteiger partial charge in [0.1, 0.15) is 0 Å². The van der Waals surface area contributed by atoms with E-state index in [2.05, 4.69) is 11.7 Å². The van der Waals surface area contributed by atoms with E-state index in [1.807, 2.05) is 0 Å². The van der Waals surface area contributed by atoms with Crippen LogP contribution in [0.4, 0.5) is 0 Å². The highest BCUT2D eigenvalue weighted by Crippen LogP contribution is 2.28. The molecular weight excluding hydrogens is 252 g/mol. The summed E-state index contributed by atoms with van der Waals surface area (Å²) in [6.45, 7) is 2.20. The highest BCUT2D eigenvalue weighted by molar-refractivity contribution is 8.13. The van der Waals surface area contributed by atoms with Gasteiger partial charge in [-0.25, -0.2) is 4.79 Å². The molecule has 0 N–H and O–H groups in total. The van der Waals surface area contributed by atoms with E-state index in [0.29, 0.717) is 0 Å². The van der Waals surface area contributed by atoms with Gasteiger partial charge in [0.05, 0.1) is 7.11 Å². The fourth-order valence-electron chi connectivity index (χ4n) is 1.72. The third-order valence-corrected chi connectivity index (χ3v) is 3.91. The SMILES string of the molecule is CCCCCCCCSC(=O)C1OC1C(=O)OC. The molecule has 0 aromatic rings. The quantitative estimate of drug-likeness (QED) is 0.367. The van der Waals surface area contributed by atoms with Crippen molar-refractivity contribution in [3.05, 3.63) is 0 Å². The van der Waals surface area contributed by atoms with Crippen molar-refractivity contribution in [3.63, 3.8) is 0 Å². The van der Waals surface area contributed by atoms with Crippen LogP contribution in [-0.2, 0) is 19.1 Å². The maximum Gasteiger partial charge on any atom is 0.338 e. The molecule has 0 spiro atoms. The number of unbranched alkanes of at least 4 members (excludes halogenated alkanes) is 5. The standard InChI is InChI=1S/C13H22O4S/c1-3-4-5-6-7-8-9-18-13(15)11-10(17-11)12(14)16-2/h10-11H,3-9H2,1-2H3. The number of ether oxygens (including phenoxy) is 2. The molecule has 5 heteroatoms.